The van der Waals surface area contributed by atoms with Gasteiger partial charge in [0.2, 0.25) is 0 Å². The lowest BCUT2D eigenvalue weighted by atomic mass is 10.2. The van der Waals surface area contributed by atoms with Crippen molar-refractivity contribution < 1.29 is 0 Å². The summed E-state index contributed by atoms with van der Waals surface area (Å²) in [6.45, 7) is 17.4. The molecule has 0 saturated heterocycles. The summed E-state index contributed by atoms with van der Waals surface area (Å²) in [5, 5.41) is 0. The van der Waals surface area contributed by atoms with Crippen molar-refractivity contribution >= 4 is 8.07 Å². The molecule has 1 nitrogen and oxygen atoms in total. The Balaban J connectivity index is 3.99. The van der Waals surface area contributed by atoms with Gasteiger partial charge in [-0.05, 0) is 44.6 Å². The summed E-state index contributed by atoms with van der Waals surface area (Å²) in [6, 6.07) is 2.69. The van der Waals surface area contributed by atoms with Crippen molar-refractivity contribution in [2.75, 3.05) is 19.6 Å². The SMILES string of the molecule is C=CC[Si](C)(C)CCN(CCCC)CCCC. The molecular weight excluding hydrogens is 222 g/mol. The Kier molecular flexibility index (Phi) is 9.85. The van der Waals surface area contributed by atoms with Crippen LogP contribution in [-0.4, -0.2) is 32.6 Å². The number of hydrogen-bond acceptors (Lipinski definition) is 1. The molecule has 0 heterocycles. The number of allylic oxidation sites excluding steroid dienone is 1. The van der Waals surface area contributed by atoms with E-state index in [1.807, 2.05) is 0 Å². The fourth-order valence-electron chi connectivity index (χ4n) is 2.05. The molecule has 0 rings (SSSR count). The topological polar surface area (TPSA) is 3.24 Å². The molecular formula is C15H33NSi. The molecule has 102 valence electrons. The Morgan fingerprint density at radius 1 is 1.00 bits per heavy atom. The van der Waals surface area contributed by atoms with Gasteiger partial charge in [-0.25, -0.2) is 0 Å². The van der Waals surface area contributed by atoms with Crippen LogP contribution >= 0.6 is 0 Å². The fraction of sp³-hybridized carbons (Fsp3) is 0.867. The zero-order valence-electron chi connectivity index (χ0n) is 12.6. The van der Waals surface area contributed by atoms with E-state index in [0.29, 0.717) is 0 Å². The summed E-state index contributed by atoms with van der Waals surface area (Å²) < 4.78 is 0. The van der Waals surface area contributed by atoms with E-state index in [9.17, 15) is 0 Å². The lowest BCUT2D eigenvalue weighted by Crippen LogP contribution is -2.34. The highest BCUT2D eigenvalue weighted by molar-refractivity contribution is 6.77. The molecule has 0 bridgehead atoms. The van der Waals surface area contributed by atoms with Gasteiger partial charge in [0.05, 0.1) is 8.07 Å². The van der Waals surface area contributed by atoms with E-state index < -0.39 is 8.07 Å². The molecule has 0 N–H and O–H groups in total. The second-order valence-electron chi connectivity index (χ2n) is 5.96. The monoisotopic (exact) mass is 255 g/mol. The van der Waals surface area contributed by atoms with Crippen LogP contribution in [0.4, 0.5) is 0 Å². The summed E-state index contributed by atoms with van der Waals surface area (Å²) in [5.74, 6) is 0. The number of nitrogens with zero attached hydrogens (tertiary/aromatic N) is 1. The Morgan fingerprint density at radius 2 is 1.53 bits per heavy atom. The van der Waals surface area contributed by atoms with Gasteiger partial charge < -0.3 is 4.90 Å². The van der Waals surface area contributed by atoms with Crippen molar-refractivity contribution in [3.63, 3.8) is 0 Å². The standard InChI is InChI=1S/C15H33NSi/c1-6-9-11-16(12-10-7-2)13-15-17(4,5)14-8-3/h8H,3,6-7,9-15H2,1-2,4-5H3. The third kappa shape index (κ3) is 9.60. The van der Waals surface area contributed by atoms with E-state index in [1.54, 1.807) is 0 Å². The molecule has 17 heavy (non-hydrogen) atoms. The number of rotatable bonds is 11. The summed E-state index contributed by atoms with van der Waals surface area (Å²) >= 11 is 0. The predicted molar refractivity (Wildman–Crippen MR) is 83.5 cm³/mol. The maximum atomic E-state index is 3.89. The van der Waals surface area contributed by atoms with Crippen molar-refractivity contribution in [3.8, 4) is 0 Å². The molecule has 2 heteroatoms. The molecule has 0 aromatic carbocycles. The van der Waals surface area contributed by atoms with Crippen molar-refractivity contribution in [1.29, 1.82) is 0 Å². The van der Waals surface area contributed by atoms with Gasteiger partial charge in [0.25, 0.3) is 0 Å². The van der Waals surface area contributed by atoms with E-state index in [0.717, 1.165) is 0 Å². The van der Waals surface area contributed by atoms with E-state index >= 15 is 0 Å². The average Bonchev–Trinajstić information content (AvgIpc) is 2.28. The van der Waals surface area contributed by atoms with Gasteiger partial charge in [-0.1, -0.05) is 45.9 Å². The third-order valence-corrected chi connectivity index (χ3v) is 6.43. The van der Waals surface area contributed by atoms with Crippen molar-refractivity contribution in [3.05, 3.63) is 12.7 Å². The molecule has 0 aliphatic carbocycles. The smallest absolute Gasteiger partial charge is 0.0523 e. The van der Waals surface area contributed by atoms with Crippen LogP contribution in [0, 0.1) is 0 Å². The summed E-state index contributed by atoms with van der Waals surface area (Å²) in [7, 11) is -1.00. The van der Waals surface area contributed by atoms with Gasteiger partial charge in [-0.3, -0.25) is 0 Å². The van der Waals surface area contributed by atoms with Crippen LogP contribution in [0.15, 0.2) is 12.7 Å². The maximum Gasteiger partial charge on any atom is 0.0523 e. The molecule has 0 atom stereocenters. The number of unbranched alkanes of at least 4 members (excludes halogenated alkanes) is 2. The van der Waals surface area contributed by atoms with Gasteiger partial charge in [0.15, 0.2) is 0 Å². The highest BCUT2D eigenvalue weighted by Crippen LogP contribution is 2.16. The zero-order valence-corrected chi connectivity index (χ0v) is 13.6. The van der Waals surface area contributed by atoms with Crippen LogP contribution < -0.4 is 0 Å². The van der Waals surface area contributed by atoms with E-state index in [-0.39, 0.29) is 0 Å². The van der Waals surface area contributed by atoms with Crippen LogP contribution in [0.25, 0.3) is 0 Å². The second-order valence-corrected chi connectivity index (χ2v) is 11.2. The van der Waals surface area contributed by atoms with E-state index in [4.69, 9.17) is 0 Å². The zero-order chi connectivity index (χ0) is 13.1. The van der Waals surface area contributed by atoms with Crippen LogP contribution in [0.1, 0.15) is 39.5 Å². The Bertz CT molecular complexity index is 181. The van der Waals surface area contributed by atoms with E-state index in [2.05, 4.69) is 44.5 Å². The van der Waals surface area contributed by atoms with Gasteiger partial charge >= 0.3 is 0 Å². The molecule has 0 unspecified atom stereocenters. The fourth-order valence-corrected chi connectivity index (χ4v) is 3.96. The predicted octanol–water partition coefficient (Wildman–Crippen LogP) is 4.78. The summed E-state index contributed by atoms with van der Waals surface area (Å²) in [4.78, 5) is 2.69. The Labute approximate surface area is 110 Å². The minimum Gasteiger partial charge on any atom is -0.304 e. The first-order valence-corrected chi connectivity index (χ1v) is 10.8. The lowest BCUT2D eigenvalue weighted by Gasteiger charge is -2.27. The van der Waals surface area contributed by atoms with Crippen LogP contribution in [0.5, 0.6) is 0 Å². The maximum absolute atomic E-state index is 3.89. The van der Waals surface area contributed by atoms with Crippen molar-refractivity contribution in [2.45, 2.75) is 64.7 Å². The normalized spacial score (nSPS) is 12.1. The Morgan fingerprint density at radius 3 is 1.94 bits per heavy atom. The largest absolute Gasteiger partial charge is 0.304 e. The summed E-state index contributed by atoms with van der Waals surface area (Å²) in [5.41, 5.74) is 0. The van der Waals surface area contributed by atoms with Gasteiger partial charge in [0, 0.05) is 0 Å². The Hall–Kier alpha value is -0.0831. The first-order valence-electron chi connectivity index (χ1n) is 7.39. The van der Waals surface area contributed by atoms with E-state index in [1.165, 1.54) is 57.4 Å². The summed E-state index contributed by atoms with van der Waals surface area (Å²) in [6.07, 6.45) is 7.46. The van der Waals surface area contributed by atoms with Crippen LogP contribution in [0.3, 0.4) is 0 Å². The molecule has 0 aromatic rings. The molecule has 0 spiro atoms. The highest BCUT2D eigenvalue weighted by Gasteiger charge is 2.19. The molecule has 0 fully saturated rings. The molecule has 0 amide bonds. The highest BCUT2D eigenvalue weighted by atomic mass is 28.3. The van der Waals surface area contributed by atoms with Crippen LogP contribution in [0.2, 0.25) is 25.2 Å². The quantitative estimate of drug-likeness (QED) is 0.379. The van der Waals surface area contributed by atoms with Gasteiger partial charge in [-0.15, -0.1) is 6.58 Å². The first-order chi connectivity index (χ1) is 8.05. The third-order valence-electron chi connectivity index (χ3n) is 3.46. The second kappa shape index (κ2) is 9.90. The minimum absolute atomic E-state index is 1.00. The lowest BCUT2D eigenvalue weighted by molar-refractivity contribution is 0.278. The van der Waals surface area contributed by atoms with Gasteiger partial charge in [0.1, 0.15) is 0 Å². The van der Waals surface area contributed by atoms with Gasteiger partial charge in [-0.2, -0.15) is 0 Å². The van der Waals surface area contributed by atoms with Crippen LogP contribution in [-0.2, 0) is 0 Å². The molecule has 0 aromatic heterocycles. The number of hydrogen-bond donors (Lipinski definition) is 0. The van der Waals surface area contributed by atoms with Crippen molar-refractivity contribution in [2.24, 2.45) is 0 Å². The minimum atomic E-state index is -1.00. The molecule has 0 radical (unpaired) electrons. The molecule has 0 aliphatic heterocycles. The van der Waals surface area contributed by atoms with Crippen molar-refractivity contribution in [1.82, 2.24) is 4.90 Å². The molecule has 0 aliphatic rings. The molecule has 0 saturated carbocycles. The first kappa shape index (κ1) is 16.9. The average molecular weight is 256 g/mol.